The van der Waals surface area contributed by atoms with Gasteiger partial charge in [-0.2, -0.15) is 5.10 Å². The molecule has 0 aliphatic rings. The molecule has 8 heteroatoms. The molecule has 0 bridgehead atoms. The number of carbonyl (C=O) groups is 1. The molecule has 2 heterocycles. The smallest absolute Gasteiger partial charge is 0.310 e. The van der Waals surface area contributed by atoms with Crippen molar-refractivity contribution < 1.29 is 9.53 Å². The first-order chi connectivity index (χ1) is 9.90. The summed E-state index contributed by atoms with van der Waals surface area (Å²) in [5.74, 6) is 0.144. The van der Waals surface area contributed by atoms with E-state index in [1.165, 1.54) is 6.33 Å². The molecule has 0 aromatic carbocycles. The number of anilines is 1. The van der Waals surface area contributed by atoms with Gasteiger partial charge in [0.05, 0.1) is 17.4 Å². The van der Waals surface area contributed by atoms with Gasteiger partial charge in [-0.05, 0) is 29.8 Å². The molecule has 7 nitrogen and oxygen atoms in total. The van der Waals surface area contributed by atoms with E-state index >= 15 is 0 Å². The lowest BCUT2D eigenvalue weighted by Gasteiger charge is -2.15. The number of nitrogens with zero attached hydrogens (tertiary/aromatic N) is 4. The van der Waals surface area contributed by atoms with E-state index in [-0.39, 0.29) is 18.0 Å². The van der Waals surface area contributed by atoms with Gasteiger partial charge in [0, 0.05) is 13.6 Å². The number of hydrogen-bond acceptors (Lipinski definition) is 6. The molecule has 0 radical (unpaired) electrons. The zero-order valence-corrected chi connectivity index (χ0v) is 14.0. The van der Waals surface area contributed by atoms with Crippen molar-refractivity contribution in [1.29, 1.82) is 0 Å². The van der Waals surface area contributed by atoms with Crippen molar-refractivity contribution in [2.24, 2.45) is 13.0 Å². The average molecular weight is 356 g/mol. The van der Waals surface area contributed by atoms with E-state index < -0.39 is 0 Å². The number of aryl methyl sites for hydroxylation is 1. The molecule has 1 unspecified atom stereocenters. The number of aromatic nitrogens is 4. The van der Waals surface area contributed by atoms with Gasteiger partial charge in [0.25, 0.3) is 0 Å². The van der Waals surface area contributed by atoms with E-state index in [2.05, 4.69) is 36.3 Å². The van der Waals surface area contributed by atoms with Gasteiger partial charge in [0.2, 0.25) is 0 Å². The summed E-state index contributed by atoms with van der Waals surface area (Å²) in [7, 11) is 1.81. The molecule has 2 aromatic heterocycles. The third kappa shape index (κ3) is 3.49. The van der Waals surface area contributed by atoms with Gasteiger partial charge in [-0.15, -0.1) is 0 Å². The number of halogens is 1. The van der Waals surface area contributed by atoms with Crippen molar-refractivity contribution in [1.82, 2.24) is 19.7 Å². The number of fused-ring (bicyclic) bond motifs is 1. The van der Waals surface area contributed by atoms with Crippen LogP contribution in [0.1, 0.15) is 20.8 Å². The van der Waals surface area contributed by atoms with Crippen LogP contribution in [0.5, 0.6) is 0 Å². The van der Waals surface area contributed by atoms with Gasteiger partial charge in [0.15, 0.2) is 5.65 Å². The Morgan fingerprint density at radius 2 is 2.14 bits per heavy atom. The summed E-state index contributed by atoms with van der Waals surface area (Å²) in [4.78, 5) is 20.2. The van der Waals surface area contributed by atoms with Gasteiger partial charge in [0.1, 0.15) is 16.7 Å². The highest BCUT2D eigenvalue weighted by molar-refractivity contribution is 9.10. The third-order valence-corrected chi connectivity index (χ3v) is 3.46. The number of esters is 1. The highest BCUT2D eigenvalue weighted by Crippen LogP contribution is 2.26. The summed E-state index contributed by atoms with van der Waals surface area (Å²) in [6.45, 7) is 5.91. The fourth-order valence-corrected chi connectivity index (χ4v) is 2.46. The molecule has 0 aliphatic heterocycles. The van der Waals surface area contributed by atoms with Crippen LogP contribution in [0.3, 0.4) is 0 Å². The van der Waals surface area contributed by atoms with Crippen LogP contribution in [0.15, 0.2) is 10.9 Å². The van der Waals surface area contributed by atoms with Crippen molar-refractivity contribution >= 4 is 38.8 Å². The average Bonchev–Trinajstić information content (AvgIpc) is 2.71. The summed E-state index contributed by atoms with van der Waals surface area (Å²) in [5.41, 5.74) is 0.719. The van der Waals surface area contributed by atoms with Gasteiger partial charge in [-0.25, -0.2) is 14.6 Å². The second-order valence-electron chi connectivity index (χ2n) is 5.10. The zero-order valence-electron chi connectivity index (χ0n) is 12.4. The van der Waals surface area contributed by atoms with Crippen molar-refractivity contribution in [3.63, 3.8) is 0 Å². The number of ether oxygens (including phenoxy) is 1. The maximum absolute atomic E-state index is 11.8. The largest absolute Gasteiger partial charge is 0.463 e. The molecule has 0 saturated carbocycles. The fourth-order valence-electron chi connectivity index (χ4n) is 1.86. The van der Waals surface area contributed by atoms with Crippen molar-refractivity contribution in [2.75, 3.05) is 11.9 Å². The first kappa shape index (κ1) is 15.7. The highest BCUT2D eigenvalue weighted by atomic mass is 79.9. The normalized spacial score (nSPS) is 12.7. The van der Waals surface area contributed by atoms with Crippen molar-refractivity contribution in [2.45, 2.75) is 26.9 Å². The maximum atomic E-state index is 11.8. The SMILES string of the molecule is CC(C)OC(=O)C(C)CNc1ncnc2c1c(Br)nn2C. The van der Waals surface area contributed by atoms with Gasteiger partial charge in [-0.1, -0.05) is 6.92 Å². The zero-order chi connectivity index (χ0) is 15.6. The molecule has 2 rings (SSSR count). The minimum Gasteiger partial charge on any atom is -0.463 e. The maximum Gasteiger partial charge on any atom is 0.310 e. The minimum atomic E-state index is -0.270. The molecular formula is C13H18BrN5O2. The van der Waals surface area contributed by atoms with Crippen LogP contribution in [0.25, 0.3) is 11.0 Å². The topological polar surface area (TPSA) is 81.9 Å². The quantitative estimate of drug-likeness (QED) is 0.827. The second-order valence-corrected chi connectivity index (χ2v) is 5.85. The van der Waals surface area contributed by atoms with Gasteiger partial charge < -0.3 is 10.1 Å². The minimum absolute atomic E-state index is 0.113. The Bertz CT molecular complexity index is 655. The van der Waals surface area contributed by atoms with Gasteiger partial charge >= 0.3 is 5.97 Å². The van der Waals surface area contributed by atoms with Crippen molar-refractivity contribution in [3.05, 3.63) is 10.9 Å². The Morgan fingerprint density at radius 3 is 2.81 bits per heavy atom. The summed E-state index contributed by atoms with van der Waals surface area (Å²) in [6, 6.07) is 0. The van der Waals surface area contributed by atoms with E-state index in [1.54, 1.807) is 4.68 Å². The Balaban J connectivity index is 2.12. The monoisotopic (exact) mass is 355 g/mol. The van der Waals surface area contributed by atoms with Crippen molar-refractivity contribution in [3.8, 4) is 0 Å². The van der Waals surface area contributed by atoms with Gasteiger partial charge in [-0.3, -0.25) is 4.79 Å². The molecule has 114 valence electrons. The molecule has 2 aromatic rings. The van der Waals surface area contributed by atoms with Crippen LogP contribution in [0.4, 0.5) is 5.82 Å². The summed E-state index contributed by atoms with van der Waals surface area (Å²) in [5, 5.41) is 8.21. The van der Waals surface area contributed by atoms with Crippen LogP contribution in [0, 0.1) is 5.92 Å². The van der Waals surface area contributed by atoms with E-state index in [0.29, 0.717) is 17.0 Å². The second kappa shape index (κ2) is 6.38. The summed E-state index contributed by atoms with van der Waals surface area (Å²) < 4.78 is 7.51. The lowest BCUT2D eigenvalue weighted by atomic mass is 10.2. The molecule has 0 spiro atoms. The number of carbonyl (C=O) groups excluding carboxylic acids is 1. The standard InChI is InChI=1S/C13H18BrN5O2/c1-7(2)21-13(20)8(3)5-15-11-9-10(14)18-19(4)12(9)17-6-16-11/h6-8H,5H2,1-4H3,(H,15,16,17). The predicted molar refractivity (Wildman–Crippen MR) is 82.9 cm³/mol. The van der Waals surface area contributed by atoms with E-state index in [0.717, 1.165) is 11.0 Å². The van der Waals surface area contributed by atoms with Crippen LogP contribution < -0.4 is 5.32 Å². The number of nitrogens with one attached hydrogen (secondary N) is 1. The molecule has 0 saturated heterocycles. The Labute approximate surface area is 131 Å². The molecule has 21 heavy (non-hydrogen) atoms. The molecule has 0 aliphatic carbocycles. The summed E-state index contributed by atoms with van der Waals surface area (Å²) in [6.07, 6.45) is 1.36. The molecule has 1 atom stereocenters. The molecule has 0 amide bonds. The van der Waals surface area contributed by atoms with Crippen LogP contribution in [-0.4, -0.2) is 38.4 Å². The van der Waals surface area contributed by atoms with E-state index in [4.69, 9.17) is 4.74 Å². The van der Waals surface area contributed by atoms with E-state index in [1.807, 2.05) is 27.8 Å². The third-order valence-electron chi connectivity index (χ3n) is 2.91. The van der Waals surface area contributed by atoms with Crippen LogP contribution in [0.2, 0.25) is 0 Å². The predicted octanol–water partition coefficient (Wildman–Crippen LogP) is 2.13. The van der Waals surface area contributed by atoms with Crippen LogP contribution >= 0.6 is 15.9 Å². The van der Waals surface area contributed by atoms with E-state index in [9.17, 15) is 4.79 Å². The lowest BCUT2D eigenvalue weighted by molar-refractivity contribution is -0.151. The molecule has 0 fully saturated rings. The van der Waals surface area contributed by atoms with Crippen LogP contribution in [-0.2, 0) is 16.6 Å². The first-order valence-electron chi connectivity index (χ1n) is 6.67. The Hall–Kier alpha value is -1.70. The number of hydrogen-bond donors (Lipinski definition) is 1. The highest BCUT2D eigenvalue weighted by Gasteiger charge is 2.18. The first-order valence-corrected chi connectivity index (χ1v) is 7.47. The Kier molecular flexibility index (Phi) is 4.76. The fraction of sp³-hybridized carbons (Fsp3) is 0.538. The Morgan fingerprint density at radius 1 is 1.43 bits per heavy atom. The molecular weight excluding hydrogens is 338 g/mol. The lowest BCUT2D eigenvalue weighted by Crippen LogP contribution is -2.25. The number of rotatable bonds is 5. The summed E-state index contributed by atoms with van der Waals surface area (Å²) >= 11 is 3.39. The molecule has 1 N–H and O–H groups in total.